The number of carbonyl (C=O) groups is 1. The fraction of sp³-hybridized carbons (Fsp3) is 0.833. The van der Waals surface area contributed by atoms with Crippen molar-refractivity contribution >= 4 is 6.09 Å². The van der Waals surface area contributed by atoms with Crippen molar-refractivity contribution in [1.82, 2.24) is 4.90 Å². The molecule has 93 valence electrons. The van der Waals surface area contributed by atoms with Gasteiger partial charge in [-0.3, -0.25) is 0 Å². The summed E-state index contributed by atoms with van der Waals surface area (Å²) in [7, 11) is 0. The summed E-state index contributed by atoms with van der Waals surface area (Å²) in [5.41, 5.74) is 0. The molecule has 1 amide bonds. The predicted molar refractivity (Wildman–Crippen MR) is 62.2 cm³/mol. The summed E-state index contributed by atoms with van der Waals surface area (Å²) in [6, 6.07) is 0. The Balaban J connectivity index is 2.19. The number of amides is 1. The Hall–Kier alpha value is -0.770. The largest absolute Gasteiger partial charge is 0.449 e. The van der Waals surface area contributed by atoms with Crippen LogP contribution in [0.2, 0.25) is 0 Å². The Morgan fingerprint density at radius 1 is 1.56 bits per heavy atom. The second-order valence-electron chi connectivity index (χ2n) is 4.01. The minimum absolute atomic E-state index is 0.0527. The molecule has 1 aliphatic heterocycles. The Kier molecular flexibility index (Phi) is 6.23. The first-order valence-electron chi connectivity index (χ1n) is 6.10. The van der Waals surface area contributed by atoms with E-state index in [0.29, 0.717) is 26.3 Å². The average Bonchev–Trinajstić information content (AvgIpc) is 2.34. The van der Waals surface area contributed by atoms with Crippen molar-refractivity contribution in [3.8, 4) is 0 Å². The molecule has 0 N–H and O–H groups in total. The first kappa shape index (κ1) is 13.3. The van der Waals surface area contributed by atoms with Gasteiger partial charge in [-0.25, -0.2) is 4.79 Å². The van der Waals surface area contributed by atoms with Crippen LogP contribution in [0.25, 0.3) is 0 Å². The maximum atomic E-state index is 11.7. The SMILES string of the molecule is C[CH]C1CN(C(=O)OCCCCC)CCO1. The standard InChI is InChI=1S/C12H22NO3/c1-3-5-6-8-16-12(14)13-7-9-15-11(4-2)10-13/h4,11H,3,5-10H2,1-2H3. The number of unbranched alkanes of at least 4 members (excludes halogenated alkanes) is 2. The normalized spacial score (nSPS) is 20.9. The molecule has 0 aromatic heterocycles. The molecule has 1 unspecified atom stereocenters. The van der Waals surface area contributed by atoms with Crippen LogP contribution < -0.4 is 0 Å². The Bertz CT molecular complexity index is 208. The van der Waals surface area contributed by atoms with Gasteiger partial charge in [0.15, 0.2) is 0 Å². The number of nitrogens with zero attached hydrogens (tertiary/aromatic N) is 1. The molecule has 1 heterocycles. The topological polar surface area (TPSA) is 38.8 Å². The van der Waals surface area contributed by atoms with Crippen LogP contribution in [0.15, 0.2) is 0 Å². The maximum absolute atomic E-state index is 11.7. The Morgan fingerprint density at radius 2 is 2.38 bits per heavy atom. The van der Waals surface area contributed by atoms with Gasteiger partial charge in [0.2, 0.25) is 0 Å². The van der Waals surface area contributed by atoms with E-state index in [1.54, 1.807) is 4.90 Å². The number of hydrogen-bond acceptors (Lipinski definition) is 3. The molecule has 4 nitrogen and oxygen atoms in total. The van der Waals surface area contributed by atoms with Gasteiger partial charge in [-0.15, -0.1) is 0 Å². The third-order valence-electron chi connectivity index (χ3n) is 2.70. The minimum Gasteiger partial charge on any atom is -0.449 e. The van der Waals surface area contributed by atoms with Crippen LogP contribution in [-0.4, -0.2) is 43.4 Å². The lowest BCUT2D eigenvalue weighted by molar-refractivity contribution is -0.0121. The van der Waals surface area contributed by atoms with E-state index in [9.17, 15) is 4.79 Å². The van der Waals surface area contributed by atoms with E-state index >= 15 is 0 Å². The van der Waals surface area contributed by atoms with Gasteiger partial charge in [0.05, 0.1) is 25.9 Å². The third-order valence-corrected chi connectivity index (χ3v) is 2.70. The molecule has 0 spiro atoms. The molecule has 4 heteroatoms. The van der Waals surface area contributed by atoms with Crippen molar-refractivity contribution in [3.05, 3.63) is 6.42 Å². The fourth-order valence-electron chi connectivity index (χ4n) is 1.65. The van der Waals surface area contributed by atoms with Crippen LogP contribution in [0, 0.1) is 6.42 Å². The maximum Gasteiger partial charge on any atom is 0.409 e. The quantitative estimate of drug-likeness (QED) is 0.677. The van der Waals surface area contributed by atoms with Crippen molar-refractivity contribution in [1.29, 1.82) is 0 Å². The van der Waals surface area contributed by atoms with Crippen molar-refractivity contribution in [2.75, 3.05) is 26.3 Å². The molecule has 1 aliphatic rings. The second-order valence-corrected chi connectivity index (χ2v) is 4.01. The van der Waals surface area contributed by atoms with E-state index in [1.807, 2.05) is 13.3 Å². The van der Waals surface area contributed by atoms with Crippen molar-refractivity contribution in [3.63, 3.8) is 0 Å². The van der Waals surface area contributed by atoms with Gasteiger partial charge < -0.3 is 14.4 Å². The molecule has 0 saturated carbocycles. The van der Waals surface area contributed by atoms with Gasteiger partial charge in [-0.1, -0.05) is 26.7 Å². The Morgan fingerprint density at radius 3 is 3.06 bits per heavy atom. The average molecular weight is 228 g/mol. The van der Waals surface area contributed by atoms with Gasteiger partial charge in [0, 0.05) is 6.54 Å². The van der Waals surface area contributed by atoms with Gasteiger partial charge in [-0.2, -0.15) is 0 Å². The summed E-state index contributed by atoms with van der Waals surface area (Å²) in [6.45, 7) is 6.45. The lowest BCUT2D eigenvalue weighted by Crippen LogP contribution is -2.45. The van der Waals surface area contributed by atoms with Gasteiger partial charge in [-0.05, 0) is 12.8 Å². The highest BCUT2D eigenvalue weighted by atomic mass is 16.6. The zero-order chi connectivity index (χ0) is 11.8. The van der Waals surface area contributed by atoms with Crippen molar-refractivity contribution in [2.24, 2.45) is 0 Å². The lowest BCUT2D eigenvalue weighted by Gasteiger charge is -2.31. The highest BCUT2D eigenvalue weighted by Gasteiger charge is 2.23. The van der Waals surface area contributed by atoms with Gasteiger partial charge in [0.25, 0.3) is 0 Å². The number of carbonyl (C=O) groups excluding carboxylic acids is 1. The zero-order valence-electron chi connectivity index (χ0n) is 10.3. The van der Waals surface area contributed by atoms with E-state index in [4.69, 9.17) is 9.47 Å². The van der Waals surface area contributed by atoms with Crippen molar-refractivity contribution in [2.45, 2.75) is 39.2 Å². The predicted octanol–water partition coefficient (Wildman–Crippen LogP) is 2.24. The number of ether oxygens (including phenoxy) is 2. The van der Waals surface area contributed by atoms with E-state index in [0.717, 1.165) is 19.3 Å². The van der Waals surface area contributed by atoms with E-state index in [2.05, 4.69) is 6.92 Å². The van der Waals surface area contributed by atoms with Crippen LogP contribution in [0.5, 0.6) is 0 Å². The fourth-order valence-corrected chi connectivity index (χ4v) is 1.65. The smallest absolute Gasteiger partial charge is 0.409 e. The van der Waals surface area contributed by atoms with Gasteiger partial charge >= 0.3 is 6.09 Å². The molecule has 0 aromatic carbocycles. The van der Waals surface area contributed by atoms with Gasteiger partial charge in [0.1, 0.15) is 0 Å². The van der Waals surface area contributed by atoms with E-state index < -0.39 is 0 Å². The monoisotopic (exact) mass is 228 g/mol. The molecule has 0 aliphatic carbocycles. The summed E-state index contributed by atoms with van der Waals surface area (Å²) >= 11 is 0. The van der Waals surface area contributed by atoms with Crippen LogP contribution >= 0.6 is 0 Å². The third kappa shape index (κ3) is 4.39. The number of hydrogen-bond donors (Lipinski definition) is 0. The molecule has 1 atom stereocenters. The number of morpholine rings is 1. The molecule has 1 fully saturated rings. The molecule has 1 radical (unpaired) electrons. The molecule has 1 saturated heterocycles. The summed E-state index contributed by atoms with van der Waals surface area (Å²) in [5.74, 6) is 0. The number of rotatable bonds is 5. The van der Waals surface area contributed by atoms with E-state index in [1.165, 1.54) is 0 Å². The lowest BCUT2D eigenvalue weighted by atomic mass is 10.2. The second kappa shape index (κ2) is 7.49. The zero-order valence-corrected chi connectivity index (χ0v) is 10.3. The minimum atomic E-state index is -0.203. The molecular formula is C12H22NO3. The summed E-state index contributed by atoms with van der Waals surface area (Å²) < 4.78 is 10.6. The van der Waals surface area contributed by atoms with Crippen LogP contribution in [0.1, 0.15) is 33.1 Å². The molecule has 16 heavy (non-hydrogen) atoms. The first-order chi connectivity index (χ1) is 7.77. The van der Waals surface area contributed by atoms with Crippen LogP contribution in [0.4, 0.5) is 4.79 Å². The highest BCUT2D eigenvalue weighted by molar-refractivity contribution is 5.67. The highest BCUT2D eigenvalue weighted by Crippen LogP contribution is 2.09. The summed E-state index contributed by atoms with van der Waals surface area (Å²) in [4.78, 5) is 13.4. The van der Waals surface area contributed by atoms with Crippen LogP contribution in [-0.2, 0) is 9.47 Å². The first-order valence-corrected chi connectivity index (χ1v) is 6.10. The van der Waals surface area contributed by atoms with Crippen molar-refractivity contribution < 1.29 is 14.3 Å². The summed E-state index contributed by atoms with van der Waals surface area (Å²) in [6.07, 6.45) is 5.03. The molecule has 0 bridgehead atoms. The molecular weight excluding hydrogens is 206 g/mol. The van der Waals surface area contributed by atoms with E-state index in [-0.39, 0.29) is 12.2 Å². The van der Waals surface area contributed by atoms with Crippen LogP contribution in [0.3, 0.4) is 0 Å². The molecule has 1 rings (SSSR count). The Labute approximate surface area is 97.9 Å². The molecule has 0 aromatic rings. The summed E-state index contributed by atoms with van der Waals surface area (Å²) in [5, 5.41) is 0.